The van der Waals surface area contributed by atoms with Gasteiger partial charge in [0.25, 0.3) is 5.56 Å². The maximum absolute atomic E-state index is 12.7. The first kappa shape index (κ1) is 27.3. The van der Waals surface area contributed by atoms with Gasteiger partial charge in [-0.15, -0.1) is 0 Å². The van der Waals surface area contributed by atoms with Crippen molar-refractivity contribution in [2.75, 3.05) is 37.9 Å². The van der Waals surface area contributed by atoms with Gasteiger partial charge in [-0.25, -0.2) is 4.79 Å². The highest BCUT2D eigenvalue weighted by atomic mass is 16.5. The molecule has 1 unspecified atom stereocenters. The van der Waals surface area contributed by atoms with Crippen LogP contribution in [0.1, 0.15) is 24.0 Å². The molecule has 0 fully saturated rings. The van der Waals surface area contributed by atoms with Gasteiger partial charge in [0.05, 0.1) is 20.3 Å². The van der Waals surface area contributed by atoms with Gasteiger partial charge in [-0.2, -0.15) is 0 Å². The number of H-pyrrole nitrogens is 1. The van der Waals surface area contributed by atoms with Crippen LogP contribution in [0.3, 0.4) is 0 Å². The van der Waals surface area contributed by atoms with E-state index in [4.69, 9.17) is 9.47 Å². The SMILES string of the molecule is COc1ccccc1C(C)COC(=O)Nc1cccc(CN(C)C(=O)CNc2ccc3cc[nH]c(=O)c3c2)c1. The van der Waals surface area contributed by atoms with E-state index in [2.05, 4.69) is 15.6 Å². The number of fused-ring (bicyclic) bond motifs is 1. The van der Waals surface area contributed by atoms with E-state index in [0.717, 1.165) is 22.3 Å². The summed E-state index contributed by atoms with van der Waals surface area (Å²) in [5, 5.41) is 7.22. The van der Waals surface area contributed by atoms with E-state index < -0.39 is 6.09 Å². The highest BCUT2D eigenvalue weighted by Crippen LogP contribution is 2.26. The maximum Gasteiger partial charge on any atom is 0.411 e. The van der Waals surface area contributed by atoms with E-state index in [1.54, 1.807) is 43.5 Å². The molecule has 3 aromatic carbocycles. The molecule has 1 aromatic heterocycles. The van der Waals surface area contributed by atoms with E-state index in [1.165, 1.54) is 0 Å². The van der Waals surface area contributed by atoms with E-state index in [9.17, 15) is 14.4 Å². The fraction of sp³-hybridized carbons (Fsp3) is 0.233. The molecule has 4 rings (SSSR count). The lowest BCUT2D eigenvalue weighted by atomic mass is 10.0. The first-order valence-electron chi connectivity index (χ1n) is 12.6. The summed E-state index contributed by atoms with van der Waals surface area (Å²) >= 11 is 0. The molecule has 4 aromatic rings. The minimum absolute atomic E-state index is 0.0400. The number of benzene rings is 3. The number of rotatable bonds is 10. The number of pyridine rings is 1. The largest absolute Gasteiger partial charge is 0.496 e. The van der Waals surface area contributed by atoms with Gasteiger partial charge in [0.2, 0.25) is 5.91 Å². The lowest BCUT2D eigenvalue weighted by Gasteiger charge is -2.19. The Kier molecular flexibility index (Phi) is 8.83. The fourth-order valence-electron chi connectivity index (χ4n) is 4.23. The van der Waals surface area contributed by atoms with Gasteiger partial charge in [0.1, 0.15) is 5.75 Å². The molecule has 202 valence electrons. The molecule has 0 aliphatic heterocycles. The first-order chi connectivity index (χ1) is 18.8. The Labute approximate surface area is 226 Å². The number of aromatic nitrogens is 1. The van der Waals surface area contributed by atoms with Crippen molar-refractivity contribution in [3.8, 4) is 5.75 Å². The number of amides is 2. The molecule has 9 heteroatoms. The van der Waals surface area contributed by atoms with Crippen LogP contribution in [-0.4, -0.2) is 49.2 Å². The minimum atomic E-state index is -0.559. The Balaban J connectivity index is 1.27. The summed E-state index contributed by atoms with van der Waals surface area (Å²) in [6.07, 6.45) is 1.05. The molecule has 0 aliphatic carbocycles. The van der Waals surface area contributed by atoms with Crippen molar-refractivity contribution in [3.05, 3.63) is 100 Å². The monoisotopic (exact) mass is 528 g/mol. The van der Waals surface area contributed by atoms with Crippen LogP contribution in [0.25, 0.3) is 10.8 Å². The lowest BCUT2D eigenvalue weighted by Crippen LogP contribution is -2.31. The van der Waals surface area contributed by atoms with E-state index >= 15 is 0 Å². The lowest BCUT2D eigenvalue weighted by molar-refractivity contribution is -0.128. The Morgan fingerprint density at radius 2 is 1.82 bits per heavy atom. The predicted octanol–water partition coefficient (Wildman–Crippen LogP) is 4.96. The summed E-state index contributed by atoms with van der Waals surface area (Å²) < 4.78 is 10.8. The number of nitrogens with one attached hydrogen (secondary N) is 3. The number of hydrogen-bond donors (Lipinski definition) is 3. The summed E-state index contributed by atoms with van der Waals surface area (Å²) in [4.78, 5) is 41.4. The van der Waals surface area contributed by atoms with Gasteiger partial charge in [-0.3, -0.25) is 14.9 Å². The number of carbonyl (C=O) groups excluding carboxylic acids is 2. The van der Waals surface area contributed by atoms with Crippen LogP contribution in [0.2, 0.25) is 0 Å². The second kappa shape index (κ2) is 12.6. The second-order valence-electron chi connectivity index (χ2n) is 9.28. The quantitative estimate of drug-likeness (QED) is 0.268. The van der Waals surface area contributed by atoms with Crippen LogP contribution in [-0.2, 0) is 16.1 Å². The molecule has 0 radical (unpaired) electrons. The van der Waals surface area contributed by atoms with Crippen molar-refractivity contribution in [1.29, 1.82) is 0 Å². The van der Waals surface area contributed by atoms with Crippen LogP contribution in [0.15, 0.2) is 83.8 Å². The van der Waals surface area contributed by atoms with Crippen LogP contribution >= 0.6 is 0 Å². The molecular weight excluding hydrogens is 496 g/mol. The van der Waals surface area contributed by atoms with Gasteiger partial charge in [-0.1, -0.05) is 43.3 Å². The van der Waals surface area contributed by atoms with Crippen molar-refractivity contribution in [2.24, 2.45) is 0 Å². The molecule has 1 atom stereocenters. The van der Waals surface area contributed by atoms with E-state index in [-0.39, 0.29) is 30.5 Å². The smallest absolute Gasteiger partial charge is 0.411 e. The summed E-state index contributed by atoms with van der Waals surface area (Å²) in [5.74, 6) is 0.588. The Bertz CT molecular complexity index is 1520. The number of likely N-dealkylation sites (N-methyl/N-ethyl adjacent to an activating group) is 1. The van der Waals surface area contributed by atoms with Gasteiger partial charge in [-0.05, 0) is 47.3 Å². The highest BCUT2D eigenvalue weighted by Gasteiger charge is 2.14. The van der Waals surface area contributed by atoms with E-state index in [0.29, 0.717) is 23.3 Å². The zero-order chi connectivity index (χ0) is 27.8. The number of para-hydroxylation sites is 1. The molecule has 2 amide bonds. The van der Waals surface area contributed by atoms with Crippen molar-refractivity contribution in [3.63, 3.8) is 0 Å². The number of aromatic amines is 1. The number of anilines is 2. The van der Waals surface area contributed by atoms with Gasteiger partial charge < -0.3 is 24.7 Å². The zero-order valence-corrected chi connectivity index (χ0v) is 22.2. The Hall–Kier alpha value is -4.79. The van der Waals surface area contributed by atoms with Crippen LogP contribution in [0, 0.1) is 0 Å². The van der Waals surface area contributed by atoms with Crippen molar-refractivity contribution in [2.45, 2.75) is 19.4 Å². The topological polar surface area (TPSA) is 113 Å². The molecule has 0 spiro atoms. The van der Waals surface area contributed by atoms with E-state index in [1.807, 2.05) is 61.5 Å². The average molecular weight is 529 g/mol. The van der Waals surface area contributed by atoms with Crippen LogP contribution in [0.5, 0.6) is 5.75 Å². The molecule has 3 N–H and O–H groups in total. The maximum atomic E-state index is 12.7. The third kappa shape index (κ3) is 7.16. The zero-order valence-electron chi connectivity index (χ0n) is 22.2. The number of ether oxygens (including phenoxy) is 2. The first-order valence-corrected chi connectivity index (χ1v) is 12.6. The molecule has 0 bridgehead atoms. The van der Waals surface area contributed by atoms with Crippen molar-refractivity contribution < 1.29 is 19.1 Å². The van der Waals surface area contributed by atoms with Gasteiger partial charge in [0, 0.05) is 48.0 Å². The van der Waals surface area contributed by atoms with Gasteiger partial charge in [0.15, 0.2) is 0 Å². The molecular formula is C30H32N4O5. The third-order valence-electron chi connectivity index (χ3n) is 6.37. The predicted molar refractivity (Wildman–Crippen MR) is 152 cm³/mol. The second-order valence-corrected chi connectivity index (χ2v) is 9.28. The highest BCUT2D eigenvalue weighted by molar-refractivity contribution is 5.86. The van der Waals surface area contributed by atoms with Gasteiger partial charge >= 0.3 is 6.09 Å². The average Bonchev–Trinajstić information content (AvgIpc) is 2.95. The van der Waals surface area contributed by atoms with Crippen LogP contribution < -0.4 is 20.9 Å². The number of hydrogen-bond acceptors (Lipinski definition) is 6. The van der Waals surface area contributed by atoms with Crippen molar-refractivity contribution >= 4 is 34.1 Å². The summed E-state index contributed by atoms with van der Waals surface area (Å²) in [6.45, 7) is 2.59. The molecule has 0 saturated carbocycles. The molecule has 0 aliphatic rings. The number of nitrogens with zero attached hydrogens (tertiary/aromatic N) is 1. The number of methoxy groups -OCH3 is 1. The minimum Gasteiger partial charge on any atom is -0.496 e. The normalized spacial score (nSPS) is 11.5. The Morgan fingerprint density at radius 1 is 1.00 bits per heavy atom. The summed E-state index contributed by atoms with van der Waals surface area (Å²) in [5.41, 5.74) is 2.89. The molecule has 39 heavy (non-hydrogen) atoms. The standard InChI is InChI=1S/C30H32N4O5/c1-20(25-9-4-5-10-27(25)38-3)19-39-30(37)33-24-8-6-7-21(15-24)18-34(2)28(35)17-32-23-12-11-22-13-14-31-29(36)26(22)16-23/h4-16,20,32H,17-19H2,1-3H3,(H,31,36)(H,33,37). The fourth-order valence-corrected chi connectivity index (χ4v) is 4.23. The van der Waals surface area contributed by atoms with Crippen molar-refractivity contribution in [1.82, 2.24) is 9.88 Å². The Morgan fingerprint density at radius 3 is 2.64 bits per heavy atom. The summed E-state index contributed by atoms with van der Waals surface area (Å²) in [7, 11) is 3.32. The third-order valence-corrected chi connectivity index (χ3v) is 6.37. The molecule has 0 saturated heterocycles. The molecule has 9 nitrogen and oxygen atoms in total. The summed E-state index contributed by atoms with van der Waals surface area (Å²) in [6, 6.07) is 22.1. The molecule has 1 heterocycles. The number of carbonyl (C=O) groups is 2. The van der Waals surface area contributed by atoms with Crippen LogP contribution in [0.4, 0.5) is 16.2 Å².